The number of carbonyl (C=O) groups excluding carboxylic acids is 2. The number of epoxide rings is 1. The van der Waals surface area contributed by atoms with E-state index in [1.807, 2.05) is 13.8 Å². The number of amides is 2. The lowest BCUT2D eigenvalue weighted by atomic mass is 9.88. The van der Waals surface area contributed by atoms with Crippen molar-refractivity contribution in [1.29, 1.82) is 0 Å². The van der Waals surface area contributed by atoms with E-state index >= 15 is 0 Å². The Morgan fingerprint density at radius 3 is 2.59 bits per heavy atom. The van der Waals surface area contributed by atoms with Gasteiger partial charge in [0.25, 0.3) is 0 Å². The summed E-state index contributed by atoms with van der Waals surface area (Å²) in [6.45, 7) is 8.79. The van der Waals surface area contributed by atoms with Gasteiger partial charge in [-0.1, -0.05) is 36.8 Å². The first-order valence-electron chi connectivity index (χ1n) is 12.4. The first kappa shape index (κ1) is 26.6. The van der Waals surface area contributed by atoms with Crippen molar-refractivity contribution in [3.05, 3.63) is 36.0 Å². The minimum absolute atomic E-state index is 0.0183. The van der Waals surface area contributed by atoms with Crippen LogP contribution in [0, 0.1) is 5.92 Å². The van der Waals surface area contributed by atoms with Crippen LogP contribution in [0.15, 0.2) is 36.0 Å². The van der Waals surface area contributed by atoms with E-state index in [0.717, 1.165) is 37.9 Å². The molecule has 1 spiro atoms. The van der Waals surface area contributed by atoms with Crippen molar-refractivity contribution in [1.82, 2.24) is 5.32 Å². The standard InChI is InChI=1S/C26H41N3O5/c1-16(5-8-20-13-26(15-32-26)14-21(34-20)12-24(28)30)6-9-23-17(2)11-22(19(4)33-23)29-25(31)10-7-18(3)27/h5-8,10,17-23H,9,11-15,27H2,1-4H3,(H2,28,30)(H,29,31)/b8-5+,10-7+,16-6+/t17-,18?,19+,20+,21+,22+,23-,26+/m0/s1. The van der Waals surface area contributed by atoms with Crippen LogP contribution in [0.1, 0.15) is 59.8 Å². The second-order valence-corrected chi connectivity index (χ2v) is 10.3. The molecule has 0 aromatic carbocycles. The topological polar surface area (TPSA) is 129 Å². The molecule has 2 amide bonds. The highest BCUT2D eigenvalue weighted by atomic mass is 16.6. The van der Waals surface area contributed by atoms with E-state index in [-0.39, 0.29) is 60.3 Å². The van der Waals surface area contributed by atoms with Gasteiger partial charge < -0.3 is 31.0 Å². The van der Waals surface area contributed by atoms with Crippen LogP contribution in [-0.4, -0.2) is 60.5 Å². The van der Waals surface area contributed by atoms with E-state index in [9.17, 15) is 9.59 Å². The van der Waals surface area contributed by atoms with Crippen molar-refractivity contribution in [3.63, 3.8) is 0 Å². The molecule has 0 aromatic rings. The highest BCUT2D eigenvalue weighted by Crippen LogP contribution is 2.43. The average molecular weight is 476 g/mol. The number of ether oxygens (including phenoxy) is 3. The summed E-state index contributed by atoms with van der Waals surface area (Å²) in [4.78, 5) is 23.4. The molecule has 34 heavy (non-hydrogen) atoms. The van der Waals surface area contributed by atoms with E-state index in [0.29, 0.717) is 5.92 Å². The maximum Gasteiger partial charge on any atom is 0.244 e. The smallest absolute Gasteiger partial charge is 0.244 e. The Morgan fingerprint density at radius 2 is 1.94 bits per heavy atom. The van der Waals surface area contributed by atoms with E-state index in [4.69, 9.17) is 25.7 Å². The largest absolute Gasteiger partial charge is 0.373 e. The Labute approximate surface area is 203 Å². The number of primary amides is 1. The molecular formula is C26H41N3O5. The first-order valence-corrected chi connectivity index (χ1v) is 12.4. The Hall–Kier alpha value is -2.00. The van der Waals surface area contributed by atoms with Crippen molar-refractivity contribution in [2.45, 2.75) is 102 Å². The molecule has 190 valence electrons. The Balaban J connectivity index is 1.49. The fraction of sp³-hybridized carbons (Fsp3) is 0.692. The summed E-state index contributed by atoms with van der Waals surface area (Å²) in [5.74, 6) is -0.165. The zero-order chi connectivity index (χ0) is 24.9. The molecule has 0 aliphatic carbocycles. The zero-order valence-electron chi connectivity index (χ0n) is 20.9. The number of rotatable bonds is 9. The van der Waals surface area contributed by atoms with Gasteiger partial charge in [0.05, 0.1) is 49.1 Å². The number of nitrogens with one attached hydrogen (secondary N) is 1. The summed E-state index contributed by atoms with van der Waals surface area (Å²) in [6.07, 6.45) is 12.7. The summed E-state index contributed by atoms with van der Waals surface area (Å²) in [5, 5.41) is 3.04. The van der Waals surface area contributed by atoms with Gasteiger partial charge in [0, 0.05) is 25.0 Å². The van der Waals surface area contributed by atoms with Gasteiger partial charge in [-0.2, -0.15) is 0 Å². The fourth-order valence-corrected chi connectivity index (χ4v) is 4.82. The summed E-state index contributed by atoms with van der Waals surface area (Å²) in [5.41, 5.74) is 12.0. The predicted molar refractivity (Wildman–Crippen MR) is 131 cm³/mol. The van der Waals surface area contributed by atoms with Crippen molar-refractivity contribution < 1.29 is 23.8 Å². The molecule has 8 atom stereocenters. The Kier molecular flexibility index (Phi) is 9.09. The third-order valence-corrected chi connectivity index (χ3v) is 6.86. The molecule has 1 unspecified atom stereocenters. The monoisotopic (exact) mass is 475 g/mol. The molecule has 0 radical (unpaired) electrons. The lowest BCUT2D eigenvalue weighted by molar-refractivity contribution is -0.125. The van der Waals surface area contributed by atoms with Gasteiger partial charge in [-0.05, 0) is 39.5 Å². The van der Waals surface area contributed by atoms with Gasteiger partial charge in [-0.3, -0.25) is 9.59 Å². The van der Waals surface area contributed by atoms with Gasteiger partial charge in [-0.15, -0.1) is 0 Å². The molecule has 3 fully saturated rings. The number of hydrogen-bond donors (Lipinski definition) is 3. The Morgan fingerprint density at radius 1 is 1.21 bits per heavy atom. The van der Waals surface area contributed by atoms with Crippen LogP contribution in [0.2, 0.25) is 0 Å². The van der Waals surface area contributed by atoms with Gasteiger partial charge in [0.2, 0.25) is 11.8 Å². The SMILES string of the molecule is CC(/C=C/[C@@H]1C[C@]2(CO2)C[C@@H](CC(N)=O)O1)=C\C[C@@H]1O[C@H](C)[C@H](NC(=O)/C=C/C(C)N)C[C@@H]1C. The van der Waals surface area contributed by atoms with Crippen LogP contribution >= 0.6 is 0 Å². The molecule has 0 aromatic heterocycles. The van der Waals surface area contributed by atoms with Crippen molar-refractivity contribution in [2.24, 2.45) is 17.4 Å². The maximum absolute atomic E-state index is 12.1. The fourth-order valence-electron chi connectivity index (χ4n) is 4.82. The molecule has 3 aliphatic heterocycles. The van der Waals surface area contributed by atoms with Gasteiger partial charge >= 0.3 is 0 Å². The van der Waals surface area contributed by atoms with E-state index in [1.165, 1.54) is 6.08 Å². The van der Waals surface area contributed by atoms with Crippen molar-refractivity contribution in [2.75, 3.05) is 6.61 Å². The average Bonchev–Trinajstić information content (AvgIpc) is 3.49. The lowest BCUT2D eigenvalue weighted by Gasteiger charge is -2.39. The summed E-state index contributed by atoms with van der Waals surface area (Å²) in [7, 11) is 0. The first-order chi connectivity index (χ1) is 16.0. The summed E-state index contributed by atoms with van der Waals surface area (Å²) < 4.78 is 18.0. The van der Waals surface area contributed by atoms with E-state index in [2.05, 4.69) is 37.4 Å². The molecule has 0 bridgehead atoms. The van der Waals surface area contributed by atoms with Crippen LogP contribution < -0.4 is 16.8 Å². The number of allylic oxidation sites excluding steroid dienone is 2. The number of carbonyl (C=O) groups is 2. The van der Waals surface area contributed by atoms with Crippen LogP contribution in [0.25, 0.3) is 0 Å². The molecule has 3 heterocycles. The van der Waals surface area contributed by atoms with E-state index in [1.54, 1.807) is 6.08 Å². The number of hydrogen-bond acceptors (Lipinski definition) is 6. The predicted octanol–water partition coefficient (Wildman–Crippen LogP) is 2.27. The molecule has 8 nitrogen and oxygen atoms in total. The summed E-state index contributed by atoms with van der Waals surface area (Å²) >= 11 is 0. The van der Waals surface area contributed by atoms with Crippen LogP contribution in [-0.2, 0) is 23.8 Å². The second kappa shape index (κ2) is 11.6. The molecule has 8 heteroatoms. The van der Waals surface area contributed by atoms with Crippen LogP contribution in [0.5, 0.6) is 0 Å². The van der Waals surface area contributed by atoms with Crippen molar-refractivity contribution in [3.8, 4) is 0 Å². The second-order valence-electron chi connectivity index (χ2n) is 10.3. The minimum atomic E-state index is -0.347. The molecule has 3 rings (SSSR count). The normalized spacial score (nSPS) is 37.3. The summed E-state index contributed by atoms with van der Waals surface area (Å²) in [6, 6.07) is -0.169. The maximum atomic E-state index is 12.1. The Bertz CT molecular complexity index is 817. The zero-order valence-corrected chi connectivity index (χ0v) is 20.9. The minimum Gasteiger partial charge on any atom is -0.373 e. The third kappa shape index (κ3) is 8.05. The lowest BCUT2D eigenvalue weighted by Crippen LogP contribution is -2.50. The number of nitrogens with two attached hydrogens (primary N) is 2. The van der Waals surface area contributed by atoms with Gasteiger partial charge in [0.1, 0.15) is 0 Å². The highest BCUT2D eigenvalue weighted by Gasteiger charge is 2.51. The van der Waals surface area contributed by atoms with Gasteiger partial charge in [0.15, 0.2) is 0 Å². The third-order valence-electron chi connectivity index (χ3n) is 6.86. The van der Waals surface area contributed by atoms with Gasteiger partial charge in [-0.25, -0.2) is 0 Å². The van der Waals surface area contributed by atoms with Crippen LogP contribution in [0.3, 0.4) is 0 Å². The highest BCUT2D eigenvalue weighted by molar-refractivity contribution is 5.87. The molecule has 0 saturated carbocycles. The molecular weight excluding hydrogens is 434 g/mol. The quantitative estimate of drug-likeness (QED) is 0.267. The van der Waals surface area contributed by atoms with Crippen molar-refractivity contribution >= 4 is 11.8 Å². The van der Waals surface area contributed by atoms with E-state index < -0.39 is 0 Å². The van der Waals surface area contributed by atoms with Crippen LogP contribution in [0.4, 0.5) is 0 Å². The molecule has 3 saturated heterocycles. The molecule has 3 aliphatic rings. The molecule has 5 N–H and O–H groups in total.